The molecule has 2 aromatic rings. The molecule has 8 heteroatoms. The molecule has 1 unspecified atom stereocenters. The van der Waals surface area contributed by atoms with Crippen molar-refractivity contribution in [1.82, 2.24) is 25.7 Å². The van der Waals surface area contributed by atoms with Crippen molar-refractivity contribution < 1.29 is 14.3 Å². The maximum atomic E-state index is 12.3. The Balaban J connectivity index is 1.18. The molecule has 1 aliphatic heterocycles. The fourth-order valence-corrected chi connectivity index (χ4v) is 3.82. The molecule has 2 amide bonds. The highest BCUT2D eigenvalue weighted by Crippen LogP contribution is 2.18. The van der Waals surface area contributed by atoms with E-state index in [1.165, 1.54) is 11.3 Å². The Morgan fingerprint density at radius 2 is 2.24 bits per heavy atom. The van der Waals surface area contributed by atoms with Crippen LogP contribution in [-0.4, -0.2) is 66.6 Å². The van der Waals surface area contributed by atoms with Crippen LogP contribution in [0.2, 0.25) is 0 Å². The lowest BCUT2D eigenvalue weighted by molar-refractivity contribution is 0.0322. The molecule has 4 rings (SSSR count). The summed E-state index contributed by atoms with van der Waals surface area (Å²) >= 11 is 0. The maximum Gasteiger partial charge on any atom is 0.315 e. The fourth-order valence-electron chi connectivity index (χ4n) is 3.82. The van der Waals surface area contributed by atoms with Gasteiger partial charge in [-0.05, 0) is 42.5 Å². The van der Waals surface area contributed by atoms with E-state index in [1.807, 2.05) is 30.5 Å². The van der Waals surface area contributed by atoms with Crippen LogP contribution >= 0.6 is 0 Å². The number of benzene rings is 1. The Morgan fingerprint density at radius 3 is 3.14 bits per heavy atom. The van der Waals surface area contributed by atoms with Crippen LogP contribution in [0, 0.1) is 0 Å². The van der Waals surface area contributed by atoms with E-state index in [1.54, 1.807) is 0 Å². The smallest absolute Gasteiger partial charge is 0.315 e. The van der Waals surface area contributed by atoms with Crippen LogP contribution < -0.4 is 15.4 Å². The first-order valence-electron chi connectivity index (χ1n) is 10.3. The second-order valence-electron chi connectivity index (χ2n) is 7.59. The number of H-pyrrole nitrogens is 1. The minimum absolute atomic E-state index is 0.138. The molecule has 0 bridgehead atoms. The summed E-state index contributed by atoms with van der Waals surface area (Å²) in [6.07, 6.45) is 4.52. The molecule has 1 atom stereocenters. The number of aryl methyl sites for hydroxylation is 1. The van der Waals surface area contributed by atoms with Crippen LogP contribution in [0.1, 0.15) is 23.2 Å². The largest absolute Gasteiger partial charge is 0.492 e. The van der Waals surface area contributed by atoms with Crippen molar-refractivity contribution in [3.8, 4) is 5.75 Å². The molecule has 1 fully saturated rings. The van der Waals surface area contributed by atoms with Crippen molar-refractivity contribution in [2.75, 3.05) is 39.5 Å². The Kier molecular flexibility index (Phi) is 6.63. The van der Waals surface area contributed by atoms with Gasteiger partial charge in [-0.25, -0.2) is 4.79 Å². The molecule has 1 aliphatic carbocycles. The minimum atomic E-state index is -0.138. The van der Waals surface area contributed by atoms with Gasteiger partial charge in [0.15, 0.2) is 0 Å². The van der Waals surface area contributed by atoms with Gasteiger partial charge in [0.25, 0.3) is 0 Å². The number of nitrogens with one attached hydrogen (secondary N) is 3. The van der Waals surface area contributed by atoms with E-state index in [0.29, 0.717) is 13.2 Å². The van der Waals surface area contributed by atoms with Crippen molar-refractivity contribution in [3.63, 3.8) is 0 Å². The van der Waals surface area contributed by atoms with Gasteiger partial charge in [0.2, 0.25) is 0 Å². The predicted octanol–water partition coefficient (Wildman–Crippen LogP) is 1.48. The van der Waals surface area contributed by atoms with Crippen LogP contribution in [0.15, 0.2) is 30.5 Å². The van der Waals surface area contributed by atoms with Crippen molar-refractivity contribution in [3.05, 3.63) is 47.3 Å². The SMILES string of the molecule is O=C(NCc1cccc(OCCN2CCOCC2)c1)NC1CCc2[nH]ncc2C1. The zero-order chi connectivity index (χ0) is 19.9. The number of carbonyl (C=O) groups is 1. The Labute approximate surface area is 171 Å². The Bertz CT molecular complexity index is 803. The number of aromatic amines is 1. The van der Waals surface area contributed by atoms with Gasteiger partial charge < -0.3 is 20.1 Å². The average molecular weight is 399 g/mol. The van der Waals surface area contributed by atoms with E-state index < -0.39 is 0 Å². The van der Waals surface area contributed by atoms with Gasteiger partial charge in [-0.15, -0.1) is 0 Å². The molecule has 1 saturated heterocycles. The van der Waals surface area contributed by atoms with E-state index in [9.17, 15) is 4.79 Å². The molecular weight excluding hydrogens is 370 g/mol. The van der Waals surface area contributed by atoms with Gasteiger partial charge in [-0.3, -0.25) is 10.00 Å². The van der Waals surface area contributed by atoms with Gasteiger partial charge in [0.1, 0.15) is 12.4 Å². The van der Waals surface area contributed by atoms with Gasteiger partial charge in [-0.2, -0.15) is 5.10 Å². The number of nitrogens with zero attached hydrogens (tertiary/aromatic N) is 2. The second kappa shape index (κ2) is 9.76. The van der Waals surface area contributed by atoms with Crippen molar-refractivity contribution in [2.45, 2.75) is 31.8 Å². The molecule has 1 aromatic heterocycles. The number of morpholine rings is 1. The summed E-state index contributed by atoms with van der Waals surface area (Å²) in [6.45, 7) is 5.54. The second-order valence-corrected chi connectivity index (χ2v) is 7.59. The maximum absolute atomic E-state index is 12.3. The molecule has 0 saturated carbocycles. The van der Waals surface area contributed by atoms with E-state index in [-0.39, 0.29) is 12.1 Å². The molecule has 0 radical (unpaired) electrons. The molecule has 29 heavy (non-hydrogen) atoms. The van der Waals surface area contributed by atoms with Crippen LogP contribution in [0.4, 0.5) is 4.79 Å². The summed E-state index contributed by atoms with van der Waals surface area (Å²) in [5.41, 5.74) is 3.40. The lowest BCUT2D eigenvalue weighted by Gasteiger charge is -2.26. The normalized spacial score (nSPS) is 19.4. The number of aromatic nitrogens is 2. The molecule has 2 aliphatic rings. The lowest BCUT2D eigenvalue weighted by atomic mass is 9.94. The van der Waals surface area contributed by atoms with Crippen molar-refractivity contribution >= 4 is 6.03 Å². The third kappa shape index (κ3) is 5.71. The van der Waals surface area contributed by atoms with Crippen LogP contribution in [0.5, 0.6) is 5.75 Å². The number of amides is 2. The highest BCUT2D eigenvalue weighted by molar-refractivity contribution is 5.74. The molecule has 2 heterocycles. The number of hydrogen-bond donors (Lipinski definition) is 3. The summed E-state index contributed by atoms with van der Waals surface area (Å²) in [7, 11) is 0. The summed E-state index contributed by atoms with van der Waals surface area (Å²) in [5.74, 6) is 0.831. The Morgan fingerprint density at radius 1 is 1.34 bits per heavy atom. The number of hydrogen-bond acceptors (Lipinski definition) is 5. The fraction of sp³-hybridized carbons (Fsp3) is 0.524. The van der Waals surface area contributed by atoms with Gasteiger partial charge in [-0.1, -0.05) is 12.1 Å². The highest BCUT2D eigenvalue weighted by Gasteiger charge is 2.21. The number of rotatable bonds is 7. The minimum Gasteiger partial charge on any atom is -0.492 e. The number of fused-ring (bicyclic) bond motifs is 1. The molecule has 156 valence electrons. The summed E-state index contributed by atoms with van der Waals surface area (Å²) in [4.78, 5) is 14.6. The van der Waals surface area contributed by atoms with E-state index in [0.717, 1.165) is 63.4 Å². The summed E-state index contributed by atoms with van der Waals surface area (Å²) in [5, 5.41) is 13.1. The van der Waals surface area contributed by atoms with Crippen molar-refractivity contribution in [2.24, 2.45) is 0 Å². The van der Waals surface area contributed by atoms with Crippen LogP contribution in [0.25, 0.3) is 0 Å². The predicted molar refractivity (Wildman–Crippen MR) is 109 cm³/mol. The lowest BCUT2D eigenvalue weighted by Crippen LogP contribution is -2.44. The number of carbonyl (C=O) groups excluding carboxylic acids is 1. The van der Waals surface area contributed by atoms with Gasteiger partial charge in [0, 0.05) is 37.9 Å². The first-order chi connectivity index (χ1) is 14.3. The first kappa shape index (κ1) is 19.7. The topological polar surface area (TPSA) is 91.5 Å². The average Bonchev–Trinajstić information content (AvgIpc) is 3.21. The van der Waals surface area contributed by atoms with Crippen molar-refractivity contribution in [1.29, 1.82) is 0 Å². The number of urea groups is 1. The quantitative estimate of drug-likeness (QED) is 0.656. The zero-order valence-electron chi connectivity index (χ0n) is 16.7. The third-order valence-electron chi connectivity index (χ3n) is 5.48. The van der Waals surface area contributed by atoms with Gasteiger partial charge in [0.05, 0.1) is 19.4 Å². The zero-order valence-corrected chi connectivity index (χ0v) is 16.7. The monoisotopic (exact) mass is 399 g/mol. The molecule has 1 aromatic carbocycles. The van der Waals surface area contributed by atoms with E-state index in [2.05, 4.69) is 25.7 Å². The number of ether oxygens (including phenoxy) is 2. The van der Waals surface area contributed by atoms with Gasteiger partial charge >= 0.3 is 6.03 Å². The van der Waals surface area contributed by atoms with E-state index in [4.69, 9.17) is 9.47 Å². The summed E-state index contributed by atoms with van der Waals surface area (Å²) in [6, 6.07) is 7.90. The highest BCUT2D eigenvalue weighted by atomic mass is 16.5. The standard InChI is InChI=1S/C21H29N5O3/c27-21(24-18-4-5-20-17(13-18)15-23-25-20)22-14-16-2-1-3-19(12-16)29-11-8-26-6-9-28-10-7-26/h1-3,12,15,18H,4-11,13-14H2,(H,23,25)(H2,22,24,27). The molecule has 3 N–H and O–H groups in total. The molecular formula is C21H29N5O3. The molecule has 8 nitrogen and oxygen atoms in total. The van der Waals surface area contributed by atoms with Crippen LogP contribution in [0.3, 0.4) is 0 Å². The van der Waals surface area contributed by atoms with Crippen LogP contribution in [-0.2, 0) is 24.1 Å². The first-order valence-corrected chi connectivity index (χ1v) is 10.3. The Hall–Kier alpha value is -2.58. The summed E-state index contributed by atoms with van der Waals surface area (Å²) < 4.78 is 11.2. The molecule has 0 spiro atoms. The van der Waals surface area contributed by atoms with E-state index >= 15 is 0 Å². The third-order valence-corrected chi connectivity index (χ3v) is 5.48.